The molecule has 6 nitrogen and oxygen atoms in total. The standard InChI is InChI=1S/C21H31N3O3/c1-27-16-11-22-20(25)19(17-7-5-6-8-17)23-12-14-24(15-13-23)21(26)18-9-3-2-4-10-18/h2-4,9-10,17,19H,5-8,11-16H2,1H3,(H,22,25)/t19-/m1/s1. The second-order valence-corrected chi connectivity index (χ2v) is 7.47. The van der Waals surface area contributed by atoms with Gasteiger partial charge in [0.1, 0.15) is 0 Å². The highest BCUT2D eigenvalue weighted by Crippen LogP contribution is 2.31. The van der Waals surface area contributed by atoms with Crippen molar-refractivity contribution in [3.8, 4) is 0 Å². The molecular weight excluding hydrogens is 342 g/mol. The fraction of sp³-hybridized carbons (Fsp3) is 0.619. The van der Waals surface area contributed by atoms with Gasteiger partial charge in [-0.2, -0.15) is 0 Å². The zero-order valence-corrected chi connectivity index (χ0v) is 16.2. The maximum absolute atomic E-state index is 12.9. The van der Waals surface area contributed by atoms with Gasteiger partial charge in [0.2, 0.25) is 5.91 Å². The summed E-state index contributed by atoms with van der Waals surface area (Å²) in [5.41, 5.74) is 0.732. The molecule has 148 valence electrons. The smallest absolute Gasteiger partial charge is 0.253 e. The first-order valence-corrected chi connectivity index (χ1v) is 10.1. The lowest BCUT2D eigenvalue weighted by Gasteiger charge is -2.40. The minimum absolute atomic E-state index is 0.0808. The molecule has 3 rings (SSSR count). The summed E-state index contributed by atoms with van der Waals surface area (Å²) in [7, 11) is 1.64. The number of carbonyl (C=O) groups is 2. The number of ether oxygens (including phenoxy) is 1. The Kier molecular flexibility index (Phi) is 7.24. The van der Waals surface area contributed by atoms with Crippen LogP contribution in [0.15, 0.2) is 30.3 Å². The van der Waals surface area contributed by atoms with Crippen LogP contribution in [0.2, 0.25) is 0 Å². The monoisotopic (exact) mass is 373 g/mol. The molecule has 1 aliphatic carbocycles. The molecule has 2 fully saturated rings. The van der Waals surface area contributed by atoms with E-state index in [-0.39, 0.29) is 17.9 Å². The number of rotatable bonds is 7. The SMILES string of the molecule is COCCNC(=O)[C@@H](C1CCCC1)N1CCN(C(=O)c2ccccc2)CC1. The molecule has 1 aromatic carbocycles. The van der Waals surface area contributed by atoms with Crippen LogP contribution in [0.4, 0.5) is 0 Å². The van der Waals surface area contributed by atoms with Crippen LogP contribution in [-0.4, -0.2) is 74.1 Å². The normalized spacial score (nSPS) is 19.8. The van der Waals surface area contributed by atoms with E-state index in [1.165, 1.54) is 12.8 Å². The summed E-state index contributed by atoms with van der Waals surface area (Å²) in [6, 6.07) is 9.34. The number of methoxy groups -OCH3 is 1. The number of benzene rings is 1. The predicted molar refractivity (Wildman–Crippen MR) is 105 cm³/mol. The minimum atomic E-state index is -0.0849. The first-order valence-electron chi connectivity index (χ1n) is 10.1. The summed E-state index contributed by atoms with van der Waals surface area (Å²) in [5.74, 6) is 0.614. The second-order valence-electron chi connectivity index (χ2n) is 7.47. The zero-order chi connectivity index (χ0) is 19.1. The van der Waals surface area contributed by atoms with E-state index in [9.17, 15) is 9.59 Å². The van der Waals surface area contributed by atoms with Crippen molar-refractivity contribution in [3.05, 3.63) is 35.9 Å². The fourth-order valence-corrected chi connectivity index (χ4v) is 4.30. The Balaban J connectivity index is 1.60. The molecule has 0 aromatic heterocycles. The van der Waals surface area contributed by atoms with Crippen LogP contribution >= 0.6 is 0 Å². The van der Waals surface area contributed by atoms with E-state index >= 15 is 0 Å². The summed E-state index contributed by atoms with van der Waals surface area (Å²) in [4.78, 5) is 29.7. The van der Waals surface area contributed by atoms with Crippen molar-refractivity contribution in [1.82, 2.24) is 15.1 Å². The lowest BCUT2D eigenvalue weighted by molar-refractivity contribution is -0.129. The van der Waals surface area contributed by atoms with Crippen molar-refractivity contribution in [2.24, 2.45) is 5.92 Å². The van der Waals surface area contributed by atoms with Gasteiger partial charge in [0.25, 0.3) is 5.91 Å². The van der Waals surface area contributed by atoms with E-state index in [4.69, 9.17) is 4.74 Å². The van der Waals surface area contributed by atoms with Crippen LogP contribution in [0.25, 0.3) is 0 Å². The first-order chi connectivity index (χ1) is 13.2. The Morgan fingerprint density at radius 2 is 1.78 bits per heavy atom. The molecular formula is C21H31N3O3. The first kappa shape index (κ1) is 19.8. The third-order valence-electron chi connectivity index (χ3n) is 5.74. The minimum Gasteiger partial charge on any atom is -0.383 e. The number of hydrogen-bond acceptors (Lipinski definition) is 4. The Morgan fingerprint density at radius 3 is 2.41 bits per heavy atom. The number of nitrogens with one attached hydrogen (secondary N) is 1. The average Bonchev–Trinajstić information content (AvgIpc) is 3.23. The van der Waals surface area contributed by atoms with Crippen LogP contribution in [-0.2, 0) is 9.53 Å². The van der Waals surface area contributed by atoms with Crippen molar-refractivity contribution >= 4 is 11.8 Å². The van der Waals surface area contributed by atoms with Gasteiger partial charge >= 0.3 is 0 Å². The number of piperazine rings is 1. The summed E-state index contributed by atoms with van der Waals surface area (Å²) in [5, 5.41) is 3.03. The fourth-order valence-electron chi connectivity index (χ4n) is 4.30. The van der Waals surface area contributed by atoms with Gasteiger partial charge in [-0.1, -0.05) is 31.0 Å². The molecule has 27 heavy (non-hydrogen) atoms. The van der Waals surface area contributed by atoms with Crippen molar-refractivity contribution in [1.29, 1.82) is 0 Å². The van der Waals surface area contributed by atoms with Crippen molar-refractivity contribution in [2.45, 2.75) is 31.7 Å². The van der Waals surface area contributed by atoms with Crippen LogP contribution in [0.1, 0.15) is 36.0 Å². The van der Waals surface area contributed by atoms with Gasteiger partial charge in [0.15, 0.2) is 0 Å². The maximum Gasteiger partial charge on any atom is 0.253 e. The highest BCUT2D eigenvalue weighted by Gasteiger charge is 2.37. The van der Waals surface area contributed by atoms with E-state index in [0.717, 1.165) is 31.5 Å². The molecule has 0 radical (unpaired) electrons. The maximum atomic E-state index is 12.9. The molecule has 1 aliphatic heterocycles. The summed E-state index contributed by atoms with van der Waals surface area (Å²) >= 11 is 0. The Labute approximate surface area is 161 Å². The highest BCUT2D eigenvalue weighted by atomic mass is 16.5. The van der Waals surface area contributed by atoms with Gasteiger partial charge in [-0.05, 0) is 30.9 Å². The largest absolute Gasteiger partial charge is 0.383 e. The van der Waals surface area contributed by atoms with E-state index in [1.807, 2.05) is 35.2 Å². The number of hydrogen-bond donors (Lipinski definition) is 1. The zero-order valence-electron chi connectivity index (χ0n) is 16.2. The molecule has 0 unspecified atom stereocenters. The number of carbonyl (C=O) groups excluding carboxylic acids is 2. The van der Waals surface area contributed by atoms with E-state index in [1.54, 1.807) is 7.11 Å². The van der Waals surface area contributed by atoms with E-state index in [0.29, 0.717) is 32.2 Å². The lowest BCUT2D eigenvalue weighted by atomic mass is 9.95. The van der Waals surface area contributed by atoms with Gasteiger partial charge < -0.3 is 15.0 Å². The average molecular weight is 373 g/mol. The molecule has 1 N–H and O–H groups in total. The number of amides is 2. The van der Waals surface area contributed by atoms with Gasteiger partial charge in [-0.25, -0.2) is 0 Å². The molecule has 1 aromatic rings. The van der Waals surface area contributed by atoms with E-state index in [2.05, 4.69) is 10.2 Å². The third-order valence-corrected chi connectivity index (χ3v) is 5.74. The van der Waals surface area contributed by atoms with Crippen molar-refractivity contribution in [3.63, 3.8) is 0 Å². The molecule has 1 heterocycles. The highest BCUT2D eigenvalue weighted by molar-refractivity contribution is 5.94. The molecule has 2 aliphatic rings. The Bertz CT molecular complexity index is 608. The molecule has 1 saturated carbocycles. The van der Waals surface area contributed by atoms with Crippen LogP contribution in [0, 0.1) is 5.92 Å². The van der Waals surface area contributed by atoms with Crippen molar-refractivity contribution < 1.29 is 14.3 Å². The number of nitrogens with zero attached hydrogens (tertiary/aromatic N) is 2. The van der Waals surface area contributed by atoms with Crippen LogP contribution in [0.5, 0.6) is 0 Å². The third kappa shape index (κ3) is 5.08. The Morgan fingerprint density at radius 1 is 1.11 bits per heavy atom. The Hall–Kier alpha value is -1.92. The second kappa shape index (κ2) is 9.85. The van der Waals surface area contributed by atoms with Crippen LogP contribution < -0.4 is 5.32 Å². The summed E-state index contributed by atoms with van der Waals surface area (Å²) in [6.07, 6.45) is 4.65. The molecule has 6 heteroatoms. The van der Waals surface area contributed by atoms with Gasteiger partial charge in [0, 0.05) is 45.4 Å². The van der Waals surface area contributed by atoms with Crippen molar-refractivity contribution in [2.75, 3.05) is 46.4 Å². The molecule has 2 amide bonds. The topological polar surface area (TPSA) is 61.9 Å². The quantitative estimate of drug-likeness (QED) is 0.740. The molecule has 1 saturated heterocycles. The van der Waals surface area contributed by atoms with Gasteiger partial charge in [-0.3, -0.25) is 14.5 Å². The summed E-state index contributed by atoms with van der Waals surface area (Å²) in [6.45, 7) is 3.91. The molecule has 0 spiro atoms. The predicted octanol–water partition coefficient (Wildman–Crippen LogP) is 1.77. The van der Waals surface area contributed by atoms with Gasteiger partial charge in [0.05, 0.1) is 12.6 Å². The lowest BCUT2D eigenvalue weighted by Crippen LogP contribution is -2.58. The molecule has 0 bridgehead atoms. The van der Waals surface area contributed by atoms with Crippen LogP contribution in [0.3, 0.4) is 0 Å². The van der Waals surface area contributed by atoms with Gasteiger partial charge in [-0.15, -0.1) is 0 Å². The summed E-state index contributed by atoms with van der Waals surface area (Å²) < 4.78 is 5.05. The van der Waals surface area contributed by atoms with E-state index < -0.39 is 0 Å². The molecule has 1 atom stereocenters.